The van der Waals surface area contributed by atoms with Crippen molar-refractivity contribution in [2.24, 2.45) is 0 Å². The van der Waals surface area contributed by atoms with E-state index in [1.807, 2.05) is 24.3 Å². The Morgan fingerprint density at radius 1 is 1.27 bits per heavy atom. The van der Waals surface area contributed by atoms with Gasteiger partial charge >= 0.3 is 0 Å². The highest BCUT2D eigenvalue weighted by atomic mass is 35.5. The molecule has 148 valence electrons. The molecule has 0 bridgehead atoms. The molecule has 2 atom stereocenters. The number of carbonyl (C=O) groups is 1. The van der Waals surface area contributed by atoms with Crippen molar-refractivity contribution in [1.29, 1.82) is 0 Å². The van der Waals surface area contributed by atoms with Crippen LogP contribution in [0, 0.1) is 0 Å². The van der Waals surface area contributed by atoms with E-state index in [4.69, 9.17) is 21.1 Å². The number of hydrogen-bond donors (Lipinski definition) is 2. The number of rotatable bonds is 5. The third-order valence-corrected chi connectivity index (χ3v) is 4.78. The molecule has 6 nitrogen and oxygen atoms in total. The van der Waals surface area contributed by atoms with Crippen molar-refractivity contribution in [1.82, 2.24) is 15.5 Å². The Labute approximate surface area is 171 Å². The summed E-state index contributed by atoms with van der Waals surface area (Å²) in [6.07, 6.45) is -0.421. The van der Waals surface area contributed by atoms with Crippen LogP contribution in [0.5, 0.6) is 0 Å². The summed E-state index contributed by atoms with van der Waals surface area (Å²) in [5, 5.41) is 6.93. The minimum absolute atomic E-state index is 0. The predicted octanol–water partition coefficient (Wildman–Crippen LogP) is 1.66. The number of nitrogens with one attached hydrogen (secondary N) is 2. The molecule has 2 fully saturated rings. The second-order valence-corrected chi connectivity index (χ2v) is 6.40. The molecule has 1 aromatic rings. The summed E-state index contributed by atoms with van der Waals surface area (Å²) in [6, 6.07) is 7.84. The predicted molar refractivity (Wildman–Crippen MR) is 107 cm³/mol. The maximum atomic E-state index is 12.3. The minimum atomic E-state index is -0.421. The first kappa shape index (κ1) is 23.4. The standard InChI is InChI=1S/C17H24ClN3O3.2ClH/c18-14-4-2-1-3-13(14)15(21-6-9-23-10-7-21)11-20-17(22)16-12-19-5-8-24-16;;/h1-4,15-16,19H,5-12H2,(H,20,22);2*1H. The van der Waals surface area contributed by atoms with Gasteiger partial charge in [0.15, 0.2) is 0 Å². The van der Waals surface area contributed by atoms with Gasteiger partial charge in [0.05, 0.1) is 25.9 Å². The topological polar surface area (TPSA) is 62.8 Å². The summed E-state index contributed by atoms with van der Waals surface area (Å²) < 4.78 is 11.0. The first-order valence-electron chi connectivity index (χ1n) is 8.42. The summed E-state index contributed by atoms with van der Waals surface area (Å²) >= 11 is 6.40. The van der Waals surface area contributed by atoms with Crippen LogP contribution in [0.25, 0.3) is 0 Å². The Hall–Kier alpha value is -0.600. The largest absolute Gasteiger partial charge is 0.379 e. The van der Waals surface area contributed by atoms with E-state index in [9.17, 15) is 4.79 Å². The molecule has 9 heteroatoms. The summed E-state index contributed by atoms with van der Waals surface area (Å²) in [4.78, 5) is 14.7. The summed E-state index contributed by atoms with van der Waals surface area (Å²) in [7, 11) is 0. The molecule has 0 aromatic heterocycles. The third kappa shape index (κ3) is 6.23. The van der Waals surface area contributed by atoms with Crippen LogP contribution in [0.4, 0.5) is 0 Å². The molecule has 0 spiro atoms. The number of halogens is 3. The molecule has 0 aliphatic carbocycles. The number of ether oxygens (including phenoxy) is 2. The van der Waals surface area contributed by atoms with Crippen LogP contribution in [-0.2, 0) is 14.3 Å². The van der Waals surface area contributed by atoms with Crippen LogP contribution in [0.15, 0.2) is 24.3 Å². The van der Waals surface area contributed by atoms with Crippen LogP contribution < -0.4 is 10.6 Å². The molecule has 0 radical (unpaired) electrons. The molecule has 2 aliphatic heterocycles. The van der Waals surface area contributed by atoms with Gasteiger partial charge in [-0.15, -0.1) is 24.8 Å². The van der Waals surface area contributed by atoms with Crippen LogP contribution in [0.2, 0.25) is 5.02 Å². The number of hydrogen-bond acceptors (Lipinski definition) is 5. The van der Waals surface area contributed by atoms with Crippen molar-refractivity contribution >= 4 is 42.3 Å². The molecule has 1 aromatic carbocycles. The molecule has 2 heterocycles. The van der Waals surface area contributed by atoms with Gasteiger partial charge in [-0.2, -0.15) is 0 Å². The lowest BCUT2D eigenvalue weighted by molar-refractivity contribution is -0.134. The van der Waals surface area contributed by atoms with E-state index in [-0.39, 0.29) is 36.8 Å². The SMILES string of the molecule is Cl.Cl.O=C(NCC(c1ccccc1Cl)N1CCOCC1)C1CNCCO1. The molecule has 26 heavy (non-hydrogen) atoms. The van der Waals surface area contributed by atoms with Crippen LogP contribution in [0.3, 0.4) is 0 Å². The zero-order valence-corrected chi connectivity index (χ0v) is 16.9. The van der Waals surface area contributed by atoms with Crippen molar-refractivity contribution in [3.05, 3.63) is 34.9 Å². The van der Waals surface area contributed by atoms with Crippen molar-refractivity contribution in [2.45, 2.75) is 12.1 Å². The monoisotopic (exact) mass is 425 g/mol. The van der Waals surface area contributed by atoms with Crippen LogP contribution in [0.1, 0.15) is 11.6 Å². The van der Waals surface area contributed by atoms with E-state index in [2.05, 4.69) is 15.5 Å². The fraction of sp³-hybridized carbons (Fsp3) is 0.588. The highest BCUT2D eigenvalue weighted by Gasteiger charge is 2.27. The lowest BCUT2D eigenvalue weighted by Crippen LogP contribution is -2.50. The van der Waals surface area contributed by atoms with E-state index in [0.717, 1.165) is 30.2 Å². The number of morpholine rings is 2. The zero-order valence-electron chi connectivity index (χ0n) is 14.5. The normalized spacial score (nSPS) is 21.8. The van der Waals surface area contributed by atoms with E-state index in [1.165, 1.54) is 0 Å². The van der Waals surface area contributed by atoms with Gasteiger partial charge in [-0.05, 0) is 11.6 Å². The van der Waals surface area contributed by atoms with E-state index >= 15 is 0 Å². The third-order valence-electron chi connectivity index (χ3n) is 4.44. The first-order valence-corrected chi connectivity index (χ1v) is 8.80. The maximum Gasteiger partial charge on any atom is 0.250 e. The van der Waals surface area contributed by atoms with Crippen LogP contribution >= 0.6 is 36.4 Å². The highest BCUT2D eigenvalue weighted by molar-refractivity contribution is 6.31. The van der Waals surface area contributed by atoms with Gasteiger partial charge in [-0.25, -0.2) is 0 Å². The molecule has 2 saturated heterocycles. The molecule has 1 amide bonds. The Kier molecular flexibility index (Phi) is 10.8. The van der Waals surface area contributed by atoms with Gasteiger partial charge in [0.1, 0.15) is 6.10 Å². The Bertz CT molecular complexity index is 553. The number of carbonyl (C=O) groups excluding carboxylic acids is 1. The molecule has 3 rings (SSSR count). The summed E-state index contributed by atoms with van der Waals surface area (Å²) in [5.41, 5.74) is 1.03. The number of amides is 1. The Morgan fingerprint density at radius 2 is 2.00 bits per heavy atom. The van der Waals surface area contributed by atoms with Gasteiger partial charge < -0.3 is 20.1 Å². The average Bonchev–Trinajstić information content (AvgIpc) is 2.65. The quantitative estimate of drug-likeness (QED) is 0.750. The molecule has 2 aliphatic rings. The Morgan fingerprint density at radius 3 is 2.65 bits per heavy atom. The first-order chi connectivity index (χ1) is 11.8. The molecular formula is C17H26Cl3N3O3. The Balaban J connectivity index is 0.00000169. The van der Waals surface area contributed by atoms with Crippen molar-refractivity contribution < 1.29 is 14.3 Å². The van der Waals surface area contributed by atoms with Gasteiger partial charge in [-0.1, -0.05) is 29.8 Å². The van der Waals surface area contributed by atoms with Gasteiger partial charge in [0.25, 0.3) is 5.91 Å². The van der Waals surface area contributed by atoms with Gasteiger partial charge in [0, 0.05) is 37.7 Å². The summed E-state index contributed by atoms with van der Waals surface area (Å²) in [6.45, 7) is 5.47. The lowest BCUT2D eigenvalue weighted by atomic mass is 10.0. The molecular weight excluding hydrogens is 401 g/mol. The molecule has 0 saturated carbocycles. The van der Waals surface area contributed by atoms with Crippen molar-refractivity contribution in [3.8, 4) is 0 Å². The van der Waals surface area contributed by atoms with Crippen molar-refractivity contribution in [3.63, 3.8) is 0 Å². The second kappa shape index (κ2) is 12.0. The fourth-order valence-corrected chi connectivity index (χ4v) is 3.38. The lowest BCUT2D eigenvalue weighted by Gasteiger charge is -2.35. The van der Waals surface area contributed by atoms with E-state index < -0.39 is 6.10 Å². The minimum Gasteiger partial charge on any atom is -0.379 e. The average molecular weight is 427 g/mol. The van der Waals surface area contributed by atoms with Gasteiger partial charge in [0.2, 0.25) is 0 Å². The van der Waals surface area contributed by atoms with E-state index in [1.54, 1.807) is 0 Å². The fourth-order valence-electron chi connectivity index (χ4n) is 3.12. The van der Waals surface area contributed by atoms with Crippen molar-refractivity contribution in [2.75, 3.05) is 52.5 Å². The number of benzene rings is 1. The highest BCUT2D eigenvalue weighted by Crippen LogP contribution is 2.27. The second-order valence-electron chi connectivity index (χ2n) is 5.99. The molecule has 2 N–H and O–H groups in total. The smallest absolute Gasteiger partial charge is 0.250 e. The van der Waals surface area contributed by atoms with Gasteiger partial charge in [-0.3, -0.25) is 9.69 Å². The zero-order chi connectivity index (χ0) is 16.8. The van der Waals surface area contributed by atoms with E-state index in [0.29, 0.717) is 32.9 Å². The maximum absolute atomic E-state index is 12.3. The number of nitrogens with zero attached hydrogens (tertiary/aromatic N) is 1. The molecule has 2 unspecified atom stereocenters. The summed E-state index contributed by atoms with van der Waals surface area (Å²) in [5.74, 6) is -0.0764. The van der Waals surface area contributed by atoms with Crippen LogP contribution in [-0.4, -0.2) is 69.5 Å².